The average molecular weight is 430 g/mol. The van der Waals surface area contributed by atoms with E-state index in [-0.39, 0.29) is 6.61 Å². The monoisotopic (exact) mass is 430 g/mol. The second-order valence-corrected chi connectivity index (χ2v) is 6.18. The third-order valence-electron chi connectivity index (χ3n) is 3.79. The molecule has 0 radical (unpaired) electrons. The first kappa shape index (κ1) is 23.5. The Morgan fingerprint density at radius 1 is 1.06 bits per heavy atom. The first-order chi connectivity index (χ1) is 15.0. The molecule has 0 bridgehead atoms. The molecule has 2 aromatic carbocycles. The Hall–Kier alpha value is -3.79. The van der Waals surface area contributed by atoms with Crippen LogP contribution in [-0.4, -0.2) is 50.8 Å². The van der Waals surface area contributed by atoms with Gasteiger partial charge in [0.25, 0.3) is 5.91 Å². The molecule has 0 fully saturated rings. The van der Waals surface area contributed by atoms with Gasteiger partial charge in [-0.15, -0.1) is 0 Å². The molecule has 0 unspecified atom stereocenters. The summed E-state index contributed by atoms with van der Waals surface area (Å²) in [6.45, 7) is 0.484. The largest absolute Gasteiger partial charge is 0.483 e. The summed E-state index contributed by atoms with van der Waals surface area (Å²) in [5.41, 5.74) is 3.05. The number of nitrogens with one attached hydrogen (secondary N) is 3. The fourth-order valence-corrected chi connectivity index (χ4v) is 2.30. The lowest BCUT2D eigenvalue weighted by Gasteiger charge is -2.09. The smallest absolute Gasteiger partial charge is 0.329 e. The van der Waals surface area contributed by atoms with Crippen LogP contribution in [0, 0.1) is 5.82 Å². The van der Waals surface area contributed by atoms with Crippen molar-refractivity contribution >= 4 is 29.6 Å². The lowest BCUT2D eigenvalue weighted by Crippen LogP contribution is -2.38. The Bertz CT molecular complexity index is 918. The number of para-hydroxylation sites is 1. The topological polar surface area (TPSA) is 118 Å². The number of nitrogens with zero attached hydrogens (tertiary/aromatic N) is 1. The summed E-state index contributed by atoms with van der Waals surface area (Å²) < 4.78 is 23.3. The van der Waals surface area contributed by atoms with Crippen molar-refractivity contribution in [2.24, 2.45) is 5.10 Å². The van der Waals surface area contributed by atoms with Crippen LogP contribution in [0.4, 0.5) is 10.1 Å². The first-order valence-electron chi connectivity index (χ1n) is 9.37. The van der Waals surface area contributed by atoms with Gasteiger partial charge in [-0.05, 0) is 42.8 Å². The molecule has 9 nitrogen and oxygen atoms in total. The Morgan fingerprint density at radius 3 is 2.55 bits per heavy atom. The molecule has 2 aromatic rings. The highest BCUT2D eigenvalue weighted by Crippen LogP contribution is 2.16. The number of carbonyl (C=O) groups is 3. The number of hydrogen-bond acceptors (Lipinski definition) is 6. The van der Waals surface area contributed by atoms with Gasteiger partial charge in [-0.1, -0.05) is 12.1 Å². The van der Waals surface area contributed by atoms with Crippen LogP contribution in [0.3, 0.4) is 0 Å². The molecule has 3 amide bonds. The summed E-state index contributed by atoms with van der Waals surface area (Å²) >= 11 is 0. The highest BCUT2D eigenvalue weighted by Gasteiger charge is 2.11. The second-order valence-electron chi connectivity index (χ2n) is 6.18. The number of halogens is 1. The van der Waals surface area contributed by atoms with E-state index in [4.69, 9.17) is 9.47 Å². The van der Waals surface area contributed by atoms with Gasteiger partial charge in [-0.2, -0.15) is 5.10 Å². The van der Waals surface area contributed by atoms with E-state index >= 15 is 0 Å². The molecule has 31 heavy (non-hydrogen) atoms. The minimum atomic E-state index is -0.911. The van der Waals surface area contributed by atoms with E-state index in [1.54, 1.807) is 31.4 Å². The van der Waals surface area contributed by atoms with E-state index in [1.165, 1.54) is 30.5 Å². The van der Waals surface area contributed by atoms with Crippen molar-refractivity contribution in [3.63, 3.8) is 0 Å². The average Bonchev–Trinajstić information content (AvgIpc) is 2.77. The molecule has 0 aliphatic carbocycles. The third kappa shape index (κ3) is 8.62. The number of rotatable bonds is 10. The van der Waals surface area contributed by atoms with Crippen molar-refractivity contribution in [1.82, 2.24) is 10.7 Å². The van der Waals surface area contributed by atoms with E-state index < -0.39 is 23.5 Å². The van der Waals surface area contributed by atoms with Gasteiger partial charge < -0.3 is 20.1 Å². The summed E-state index contributed by atoms with van der Waals surface area (Å²) in [5.74, 6) is -2.21. The summed E-state index contributed by atoms with van der Waals surface area (Å²) in [6.07, 6.45) is 1.88. The molecular weight excluding hydrogens is 407 g/mol. The number of amides is 3. The molecule has 0 aromatic heterocycles. The molecular formula is C21H23FN4O5. The standard InChI is InChI=1S/C21H23FN4O5/c1-30-12-4-11-23-20(28)21(29)26-24-13-15-5-2-3-6-18(15)31-14-19(27)25-17-9-7-16(22)8-10-17/h2-3,5-10,13H,4,11-12,14H2,1H3,(H,23,28)(H,25,27)(H,26,29)/b24-13-. The normalized spacial score (nSPS) is 10.5. The maximum Gasteiger partial charge on any atom is 0.329 e. The quantitative estimate of drug-likeness (QED) is 0.228. The van der Waals surface area contributed by atoms with Crippen LogP contribution < -0.4 is 20.8 Å². The molecule has 0 spiro atoms. The van der Waals surface area contributed by atoms with E-state index in [2.05, 4.69) is 21.2 Å². The van der Waals surface area contributed by atoms with E-state index in [0.29, 0.717) is 36.6 Å². The van der Waals surface area contributed by atoms with Crippen LogP contribution in [0.5, 0.6) is 5.75 Å². The molecule has 164 valence electrons. The van der Waals surface area contributed by atoms with Crippen molar-refractivity contribution < 1.29 is 28.2 Å². The summed E-state index contributed by atoms with van der Waals surface area (Å²) in [7, 11) is 1.54. The summed E-state index contributed by atoms with van der Waals surface area (Å²) in [4.78, 5) is 35.4. The molecule has 0 atom stereocenters. The lowest BCUT2D eigenvalue weighted by molar-refractivity contribution is -0.139. The Kier molecular flexibility index (Phi) is 9.63. The molecule has 0 aliphatic heterocycles. The predicted octanol–water partition coefficient (Wildman–Crippen LogP) is 1.45. The Labute approximate surface area is 178 Å². The maximum absolute atomic E-state index is 12.9. The number of hydrogen-bond donors (Lipinski definition) is 3. The molecule has 0 aliphatic rings. The van der Waals surface area contributed by atoms with Gasteiger partial charge in [-0.3, -0.25) is 14.4 Å². The Morgan fingerprint density at radius 2 is 1.81 bits per heavy atom. The zero-order valence-corrected chi connectivity index (χ0v) is 16.9. The minimum Gasteiger partial charge on any atom is -0.483 e. The minimum absolute atomic E-state index is 0.293. The zero-order valence-electron chi connectivity index (χ0n) is 16.9. The lowest BCUT2D eigenvalue weighted by atomic mass is 10.2. The van der Waals surface area contributed by atoms with Crippen LogP contribution in [0.2, 0.25) is 0 Å². The molecule has 2 rings (SSSR count). The highest BCUT2D eigenvalue weighted by molar-refractivity contribution is 6.35. The first-order valence-corrected chi connectivity index (χ1v) is 9.37. The second kappa shape index (κ2) is 12.7. The fraction of sp³-hybridized carbons (Fsp3) is 0.238. The van der Waals surface area contributed by atoms with Crippen LogP contribution in [0.15, 0.2) is 53.6 Å². The number of hydrazone groups is 1. The summed E-state index contributed by atoms with van der Waals surface area (Å²) in [5, 5.41) is 8.76. The SMILES string of the molecule is COCCCNC(=O)C(=O)N/N=C\c1ccccc1OCC(=O)Nc1ccc(F)cc1. The maximum atomic E-state index is 12.9. The van der Waals surface area contributed by atoms with Crippen LogP contribution in [0.1, 0.15) is 12.0 Å². The van der Waals surface area contributed by atoms with E-state index in [1.807, 2.05) is 0 Å². The van der Waals surface area contributed by atoms with Crippen molar-refractivity contribution in [2.45, 2.75) is 6.42 Å². The van der Waals surface area contributed by atoms with Crippen LogP contribution in [-0.2, 0) is 19.1 Å². The number of methoxy groups -OCH3 is 1. The number of ether oxygens (including phenoxy) is 2. The van der Waals surface area contributed by atoms with Crippen LogP contribution in [0.25, 0.3) is 0 Å². The van der Waals surface area contributed by atoms with Crippen molar-refractivity contribution in [2.75, 3.05) is 32.2 Å². The van der Waals surface area contributed by atoms with Crippen molar-refractivity contribution in [3.8, 4) is 5.75 Å². The highest BCUT2D eigenvalue weighted by atomic mass is 19.1. The van der Waals surface area contributed by atoms with Gasteiger partial charge in [-0.25, -0.2) is 9.82 Å². The van der Waals surface area contributed by atoms with Crippen molar-refractivity contribution in [3.05, 3.63) is 59.9 Å². The van der Waals surface area contributed by atoms with Gasteiger partial charge in [0.1, 0.15) is 11.6 Å². The molecule has 0 heterocycles. The number of anilines is 1. The molecule has 0 saturated carbocycles. The van der Waals surface area contributed by atoms with Gasteiger partial charge in [0, 0.05) is 31.5 Å². The van der Waals surface area contributed by atoms with Gasteiger partial charge >= 0.3 is 11.8 Å². The Balaban J connectivity index is 1.84. The molecule has 3 N–H and O–H groups in total. The van der Waals surface area contributed by atoms with Crippen molar-refractivity contribution in [1.29, 1.82) is 0 Å². The van der Waals surface area contributed by atoms with Gasteiger partial charge in [0.2, 0.25) is 0 Å². The molecule has 10 heteroatoms. The number of carbonyl (C=O) groups excluding carboxylic acids is 3. The predicted molar refractivity (Wildman–Crippen MR) is 112 cm³/mol. The van der Waals surface area contributed by atoms with Gasteiger partial charge in [0.05, 0.1) is 6.21 Å². The molecule has 0 saturated heterocycles. The van der Waals surface area contributed by atoms with E-state index in [0.717, 1.165) is 0 Å². The van der Waals surface area contributed by atoms with E-state index in [9.17, 15) is 18.8 Å². The fourth-order valence-electron chi connectivity index (χ4n) is 2.30. The zero-order chi connectivity index (χ0) is 22.5. The van der Waals surface area contributed by atoms with Crippen LogP contribution >= 0.6 is 0 Å². The summed E-state index contributed by atoms with van der Waals surface area (Å²) in [6, 6.07) is 12.0. The number of benzene rings is 2. The van der Waals surface area contributed by atoms with Gasteiger partial charge in [0.15, 0.2) is 6.61 Å². The third-order valence-corrected chi connectivity index (χ3v) is 3.79.